The summed E-state index contributed by atoms with van der Waals surface area (Å²) in [6, 6.07) is 8.07. The molecule has 1 aliphatic heterocycles. The number of ether oxygens (including phenoxy) is 1. The minimum Gasteiger partial charge on any atom is -0.425 e. The molecule has 1 fully saturated rings. The lowest BCUT2D eigenvalue weighted by Crippen LogP contribution is -2.15. The lowest BCUT2D eigenvalue weighted by atomic mass is 10.0. The summed E-state index contributed by atoms with van der Waals surface area (Å²) in [5.74, 6) is 1.63. The second kappa shape index (κ2) is 5.84. The van der Waals surface area contributed by atoms with Crippen molar-refractivity contribution in [3.8, 4) is 0 Å². The van der Waals surface area contributed by atoms with Crippen molar-refractivity contribution < 1.29 is 9.15 Å². The molecule has 1 aliphatic rings. The number of aromatic nitrogens is 2. The Balaban J connectivity index is 1.73. The van der Waals surface area contributed by atoms with Gasteiger partial charge in [0.2, 0.25) is 11.8 Å². The molecule has 0 spiro atoms. The van der Waals surface area contributed by atoms with Crippen molar-refractivity contribution in [1.82, 2.24) is 10.2 Å². The third-order valence-electron chi connectivity index (χ3n) is 3.29. The summed E-state index contributed by atoms with van der Waals surface area (Å²) in [5.41, 5.74) is 1.15. The highest BCUT2D eigenvalue weighted by molar-refractivity contribution is 9.10. The summed E-state index contributed by atoms with van der Waals surface area (Å²) in [6.07, 6.45) is 2.78. The van der Waals surface area contributed by atoms with Gasteiger partial charge in [0.1, 0.15) is 0 Å². The van der Waals surface area contributed by atoms with Gasteiger partial charge in [-0.1, -0.05) is 34.1 Å². The number of rotatable bonds is 3. The maximum Gasteiger partial charge on any atom is 0.221 e. The largest absolute Gasteiger partial charge is 0.425 e. The first-order valence-electron chi connectivity index (χ1n) is 6.46. The summed E-state index contributed by atoms with van der Waals surface area (Å²) >= 11 is 3.53. The molecular weight excluding hydrogens is 308 g/mol. The molecule has 1 saturated heterocycles. The van der Waals surface area contributed by atoms with Crippen LogP contribution >= 0.6 is 15.9 Å². The summed E-state index contributed by atoms with van der Waals surface area (Å²) in [4.78, 5) is 0. The molecule has 0 radical (unpaired) electrons. The Morgan fingerprint density at radius 1 is 1.26 bits per heavy atom. The Kier molecular flexibility index (Phi) is 3.94. The molecule has 1 unspecified atom stereocenters. The molecule has 0 amide bonds. The van der Waals surface area contributed by atoms with Crippen LogP contribution in [-0.4, -0.2) is 23.4 Å². The zero-order valence-electron chi connectivity index (χ0n) is 10.5. The highest BCUT2D eigenvalue weighted by atomic mass is 79.9. The fourth-order valence-electron chi connectivity index (χ4n) is 2.24. The van der Waals surface area contributed by atoms with E-state index < -0.39 is 0 Å². The minimum atomic E-state index is 0.259. The fraction of sp³-hybridized carbons (Fsp3) is 0.429. The van der Waals surface area contributed by atoms with Crippen LogP contribution in [0.15, 0.2) is 33.2 Å². The van der Waals surface area contributed by atoms with Crippen LogP contribution in [0.3, 0.4) is 0 Å². The van der Waals surface area contributed by atoms with E-state index in [4.69, 9.17) is 9.15 Å². The van der Waals surface area contributed by atoms with Gasteiger partial charge >= 0.3 is 0 Å². The van der Waals surface area contributed by atoms with Crippen molar-refractivity contribution in [1.29, 1.82) is 0 Å². The van der Waals surface area contributed by atoms with Gasteiger partial charge in [0.05, 0.1) is 18.9 Å². The zero-order valence-corrected chi connectivity index (χ0v) is 12.1. The molecule has 0 N–H and O–H groups in total. The summed E-state index contributed by atoms with van der Waals surface area (Å²) in [6.45, 7) is 1.53. The Hall–Kier alpha value is -1.20. The van der Waals surface area contributed by atoms with E-state index in [1.165, 1.54) is 0 Å². The van der Waals surface area contributed by atoms with Gasteiger partial charge < -0.3 is 9.15 Å². The first-order chi connectivity index (χ1) is 9.33. The van der Waals surface area contributed by atoms with E-state index in [-0.39, 0.29) is 5.92 Å². The molecule has 1 aromatic heterocycles. The predicted molar refractivity (Wildman–Crippen MR) is 74.0 cm³/mol. The SMILES string of the molecule is Brc1ccccc1Cc1nnc(C2CCCOC2)o1. The van der Waals surface area contributed by atoms with Gasteiger partial charge in [-0.25, -0.2) is 0 Å². The average Bonchev–Trinajstić information content (AvgIpc) is 2.91. The quantitative estimate of drug-likeness (QED) is 0.869. The van der Waals surface area contributed by atoms with Gasteiger partial charge in [-0.2, -0.15) is 0 Å². The molecule has 0 saturated carbocycles. The lowest BCUT2D eigenvalue weighted by Gasteiger charge is -2.18. The normalized spacial score (nSPS) is 19.5. The number of nitrogens with zero attached hydrogens (tertiary/aromatic N) is 2. The molecule has 100 valence electrons. The molecule has 4 nitrogen and oxygen atoms in total. The van der Waals surface area contributed by atoms with E-state index in [9.17, 15) is 0 Å². The van der Waals surface area contributed by atoms with Gasteiger partial charge in [0.25, 0.3) is 0 Å². The smallest absolute Gasteiger partial charge is 0.221 e. The average molecular weight is 323 g/mol. The van der Waals surface area contributed by atoms with Crippen LogP contribution in [0.4, 0.5) is 0 Å². The minimum absolute atomic E-state index is 0.259. The topological polar surface area (TPSA) is 48.2 Å². The van der Waals surface area contributed by atoms with E-state index in [1.807, 2.05) is 18.2 Å². The third kappa shape index (κ3) is 3.04. The summed E-state index contributed by atoms with van der Waals surface area (Å²) < 4.78 is 12.3. The third-order valence-corrected chi connectivity index (χ3v) is 4.07. The molecule has 3 rings (SSSR count). The van der Waals surface area contributed by atoms with Crippen molar-refractivity contribution in [2.45, 2.75) is 25.2 Å². The van der Waals surface area contributed by atoms with Crippen LogP contribution in [0.2, 0.25) is 0 Å². The van der Waals surface area contributed by atoms with Crippen LogP contribution in [0.1, 0.15) is 36.1 Å². The van der Waals surface area contributed by atoms with Crippen LogP contribution in [-0.2, 0) is 11.2 Å². The highest BCUT2D eigenvalue weighted by Gasteiger charge is 2.22. The van der Waals surface area contributed by atoms with Gasteiger partial charge in [0.15, 0.2) is 0 Å². The number of halogens is 1. The van der Waals surface area contributed by atoms with Crippen molar-refractivity contribution in [3.05, 3.63) is 46.1 Å². The van der Waals surface area contributed by atoms with E-state index in [0.717, 1.165) is 29.5 Å². The van der Waals surface area contributed by atoms with Crippen molar-refractivity contribution >= 4 is 15.9 Å². The number of hydrogen-bond acceptors (Lipinski definition) is 4. The Morgan fingerprint density at radius 3 is 2.95 bits per heavy atom. The van der Waals surface area contributed by atoms with Gasteiger partial charge in [-0.3, -0.25) is 0 Å². The number of benzene rings is 1. The molecule has 19 heavy (non-hydrogen) atoms. The van der Waals surface area contributed by atoms with E-state index in [2.05, 4.69) is 32.2 Å². The van der Waals surface area contributed by atoms with Crippen molar-refractivity contribution in [3.63, 3.8) is 0 Å². The van der Waals surface area contributed by atoms with Crippen molar-refractivity contribution in [2.24, 2.45) is 0 Å². The second-order valence-electron chi connectivity index (χ2n) is 4.72. The van der Waals surface area contributed by atoms with E-state index in [0.29, 0.717) is 24.8 Å². The maximum absolute atomic E-state index is 5.76. The van der Waals surface area contributed by atoms with E-state index in [1.54, 1.807) is 0 Å². The first kappa shape index (κ1) is 12.8. The molecular formula is C14H15BrN2O2. The molecule has 2 heterocycles. The molecule has 5 heteroatoms. The molecule has 0 aliphatic carbocycles. The molecule has 1 atom stereocenters. The van der Waals surface area contributed by atoms with Gasteiger partial charge in [0, 0.05) is 11.1 Å². The highest BCUT2D eigenvalue weighted by Crippen LogP contribution is 2.25. The van der Waals surface area contributed by atoms with Gasteiger partial charge in [-0.05, 0) is 24.5 Å². The van der Waals surface area contributed by atoms with Gasteiger partial charge in [-0.15, -0.1) is 10.2 Å². The summed E-state index contributed by atoms with van der Waals surface area (Å²) in [5, 5.41) is 8.29. The van der Waals surface area contributed by atoms with E-state index >= 15 is 0 Å². The molecule has 2 aromatic rings. The molecule has 0 bridgehead atoms. The van der Waals surface area contributed by atoms with Crippen molar-refractivity contribution in [2.75, 3.05) is 13.2 Å². The van der Waals surface area contributed by atoms with Crippen LogP contribution in [0.25, 0.3) is 0 Å². The van der Waals surface area contributed by atoms with Crippen LogP contribution in [0, 0.1) is 0 Å². The maximum atomic E-state index is 5.76. The summed E-state index contributed by atoms with van der Waals surface area (Å²) in [7, 11) is 0. The predicted octanol–water partition coefficient (Wildman–Crippen LogP) is 3.32. The standard InChI is InChI=1S/C14H15BrN2O2/c15-12-6-2-1-4-10(12)8-13-16-17-14(19-13)11-5-3-7-18-9-11/h1-2,4,6,11H,3,5,7-9H2. The Bertz CT molecular complexity index is 550. The number of hydrogen-bond donors (Lipinski definition) is 0. The fourth-order valence-corrected chi connectivity index (χ4v) is 2.67. The monoisotopic (exact) mass is 322 g/mol. The Morgan fingerprint density at radius 2 is 2.16 bits per heavy atom. The Labute approximate surface area is 120 Å². The first-order valence-corrected chi connectivity index (χ1v) is 7.25. The molecule has 1 aromatic carbocycles. The van der Waals surface area contributed by atoms with Crippen LogP contribution in [0.5, 0.6) is 0 Å². The zero-order chi connectivity index (χ0) is 13.1. The lowest BCUT2D eigenvalue weighted by molar-refractivity contribution is 0.0722. The second-order valence-corrected chi connectivity index (χ2v) is 5.57. The van der Waals surface area contributed by atoms with Crippen LogP contribution < -0.4 is 0 Å².